The predicted octanol–water partition coefficient (Wildman–Crippen LogP) is 4.68. The van der Waals surface area contributed by atoms with Crippen molar-refractivity contribution in [1.29, 1.82) is 0 Å². The van der Waals surface area contributed by atoms with E-state index >= 15 is 0 Å². The molecule has 1 aromatic heterocycles. The lowest BCUT2D eigenvalue weighted by atomic mass is 10.0. The molecule has 1 amide bonds. The minimum absolute atomic E-state index is 0.0412. The second-order valence-electron chi connectivity index (χ2n) is 8.44. The van der Waals surface area contributed by atoms with E-state index in [1.54, 1.807) is 6.07 Å². The van der Waals surface area contributed by atoms with E-state index in [1.807, 2.05) is 54.7 Å². The normalized spacial score (nSPS) is 15.8. The Morgan fingerprint density at radius 3 is 2.63 bits per heavy atom. The molecule has 4 rings (SSSR count). The molecule has 3 aromatic rings. The number of amides is 1. The van der Waals surface area contributed by atoms with Gasteiger partial charge in [-0.1, -0.05) is 29.8 Å². The van der Waals surface area contributed by atoms with Crippen LogP contribution in [0.25, 0.3) is 11.0 Å². The highest BCUT2D eigenvalue weighted by atomic mass is 35.5. The first-order valence-corrected chi connectivity index (χ1v) is 11.0. The SMILES string of the molecule is CC(C)N1CCC(N(C)C(=O)c2ccc(Cn3cnc4ccccc43)c(Cl)c2)CC1. The summed E-state index contributed by atoms with van der Waals surface area (Å²) in [5, 5.41) is 0.613. The van der Waals surface area contributed by atoms with Crippen molar-refractivity contribution in [2.24, 2.45) is 0 Å². The quantitative estimate of drug-likeness (QED) is 0.597. The molecule has 1 aliphatic rings. The molecule has 6 heteroatoms. The summed E-state index contributed by atoms with van der Waals surface area (Å²) in [6.45, 7) is 7.16. The van der Waals surface area contributed by atoms with Crippen LogP contribution >= 0.6 is 11.6 Å². The highest BCUT2D eigenvalue weighted by Gasteiger charge is 2.27. The van der Waals surface area contributed by atoms with Crippen molar-refractivity contribution >= 4 is 28.5 Å². The van der Waals surface area contributed by atoms with Gasteiger partial charge in [0, 0.05) is 42.8 Å². The van der Waals surface area contributed by atoms with Gasteiger partial charge in [-0.2, -0.15) is 0 Å². The number of imidazole rings is 1. The molecule has 0 aliphatic carbocycles. The van der Waals surface area contributed by atoms with Gasteiger partial charge in [0.2, 0.25) is 0 Å². The number of fused-ring (bicyclic) bond motifs is 1. The number of halogens is 1. The Bertz CT molecular complexity index is 1040. The van der Waals surface area contributed by atoms with Crippen molar-refractivity contribution in [3.8, 4) is 0 Å². The zero-order valence-electron chi connectivity index (χ0n) is 17.9. The average molecular weight is 425 g/mol. The lowest BCUT2D eigenvalue weighted by Gasteiger charge is -2.38. The van der Waals surface area contributed by atoms with Crippen LogP contribution in [0.1, 0.15) is 42.6 Å². The average Bonchev–Trinajstić information content (AvgIpc) is 3.17. The lowest BCUT2D eigenvalue weighted by molar-refractivity contribution is 0.0615. The molecule has 158 valence electrons. The summed E-state index contributed by atoms with van der Waals surface area (Å²) in [7, 11) is 1.91. The summed E-state index contributed by atoms with van der Waals surface area (Å²) in [6.07, 6.45) is 3.86. The third-order valence-corrected chi connectivity index (χ3v) is 6.62. The molecular formula is C24H29ClN4O. The molecule has 1 aliphatic heterocycles. The van der Waals surface area contributed by atoms with Crippen LogP contribution < -0.4 is 0 Å². The van der Waals surface area contributed by atoms with Crippen molar-refractivity contribution in [3.63, 3.8) is 0 Å². The second kappa shape index (κ2) is 8.78. The molecule has 0 N–H and O–H groups in total. The maximum atomic E-state index is 13.1. The van der Waals surface area contributed by atoms with E-state index < -0.39 is 0 Å². The number of benzene rings is 2. The highest BCUT2D eigenvalue weighted by molar-refractivity contribution is 6.31. The van der Waals surface area contributed by atoms with Gasteiger partial charge in [-0.15, -0.1) is 0 Å². The molecule has 0 saturated carbocycles. The van der Waals surface area contributed by atoms with E-state index in [4.69, 9.17) is 11.6 Å². The number of hydrogen-bond acceptors (Lipinski definition) is 3. The molecule has 30 heavy (non-hydrogen) atoms. The van der Waals surface area contributed by atoms with Crippen molar-refractivity contribution in [3.05, 3.63) is 64.9 Å². The van der Waals surface area contributed by atoms with Crippen LogP contribution in [0.4, 0.5) is 0 Å². The maximum absolute atomic E-state index is 13.1. The Morgan fingerprint density at radius 1 is 1.20 bits per heavy atom. The number of hydrogen-bond donors (Lipinski definition) is 0. The molecule has 2 heterocycles. The largest absolute Gasteiger partial charge is 0.339 e. The molecule has 0 spiro atoms. The van der Waals surface area contributed by atoms with Crippen molar-refractivity contribution in [2.75, 3.05) is 20.1 Å². The molecule has 2 aromatic carbocycles. The third-order valence-electron chi connectivity index (χ3n) is 6.27. The third kappa shape index (κ3) is 4.23. The Kier molecular flexibility index (Phi) is 6.11. The second-order valence-corrected chi connectivity index (χ2v) is 8.85. The molecule has 5 nitrogen and oxygen atoms in total. The fourth-order valence-corrected chi connectivity index (χ4v) is 4.53. The summed E-state index contributed by atoms with van der Waals surface area (Å²) < 4.78 is 2.08. The van der Waals surface area contributed by atoms with E-state index in [9.17, 15) is 4.79 Å². The van der Waals surface area contributed by atoms with E-state index in [-0.39, 0.29) is 11.9 Å². The Hall–Kier alpha value is -2.37. The molecule has 1 fully saturated rings. The summed E-state index contributed by atoms with van der Waals surface area (Å²) >= 11 is 6.57. The van der Waals surface area contributed by atoms with Gasteiger partial charge in [-0.3, -0.25) is 4.79 Å². The smallest absolute Gasteiger partial charge is 0.253 e. The van der Waals surface area contributed by atoms with Gasteiger partial charge in [0.05, 0.1) is 23.9 Å². The number of nitrogens with zero attached hydrogens (tertiary/aromatic N) is 4. The molecule has 0 radical (unpaired) electrons. The van der Waals surface area contributed by atoms with Crippen LogP contribution in [0.2, 0.25) is 5.02 Å². The van der Waals surface area contributed by atoms with Crippen LogP contribution in [0.5, 0.6) is 0 Å². The summed E-state index contributed by atoms with van der Waals surface area (Å²) in [6, 6.07) is 14.5. The van der Waals surface area contributed by atoms with Crippen LogP contribution in [0.15, 0.2) is 48.8 Å². The van der Waals surface area contributed by atoms with Gasteiger partial charge in [-0.25, -0.2) is 4.98 Å². The topological polar surface area (TPSA) is 41.4 Å². The minimum atomic E-state index is 0.0412. The summed E-state index contributed by atoms with van der Waals surface area (Å²) in [5.41, 5.74) is 3.66. The van der Waals surface area contributed by atoms with Gasteiger partial charge in [0.25, 0.3) is 5.91 Å². The number of rotatable bonds is 5. The van der Waals surface area contributed by atoms with Gasteiger partial charge in [-0.05, 0) is 56.5 Å². The standard InChI is InChI=1S/C24H29ClN4O/c1-17(2)28-12-10-20(11-13-28)27(3)24(30)18-8-9-19(21(25)14-18)15-29-16-26-22-6-4-5-7-23(22)29/h4-9,14,16-17,20H,10-13,15H2,1-3H3. The summed E-state index contributed by atoms with van der Waals surface area (Å²) in [4.78, 5) is 21.9. The Morgan fingerprint density at radius 2 is 1.93 bits per heavy atom. The zero-order valence-corrected chi connectivity index (χ0v) is 18.6. The predicted molar refractivity (Wildman–Crippen MR) is 122 cm³/mol. The van der Waals surface area contributed by atoms with Gasteiger partial charge in [0.1, 0.15) is 0 Å². The van der Waals surface area contributed by atoms with E-state index in [1.165, 1.54) is 0 Å². The molecule has 0 bridgehead atoms. The van der Waals surface area contributed by atoms with Crippen LogP contribution in [0, 0.1) is 0 Å². The fraction of sp³-hybridized carbons (Fsp3) is 0.417. The number of piperidine rings is 1. The minimum Gasteiger partial charge on any atom is -0.339 e. The molecule has 1 saturated heterocycles. The summed E-state index contributed by atoms with van der Waals surface area (Å²) in [5.74, 6) is 0.0412. The number of para-hydroxylation sites is 2. The number of carbonyl (C=O) groups is 1. The maximum Gasteiger partial charge on any atom is 0.253 e. The van der Waals surface area contributed by atoms with Crippen LogP contribution in [-0.2, 0) is 6.54 Å². The van der Waals surface area contributed by atoms with Gasteiger partial charge >= 0.3 is 0 Å². The fourth-order valence-electron chi connectivity index (χ4n) is 4.29. The van der Waals surface area contributed by atoms with E-state index in [0.29, 0.717) is 23.2 Å². The number of likely N-dealkylation sites (tertiary alicyclic amines) is 1. The van der Waals surface area contributed by atoms with Crippen molar-refractivity contribution in [1.82, 2.24) is 19.4 Å². The Balaban J connectivity index is 1.45. The van der Waals surface area contributed by atoms with E-state index in [0.717, 1.165) is 42.5 Å². The van der Waals surface area contributed by atoms with Gasteiger partial charge < -0.3 is 14.4 Å². The zero-order chi connectivity index (χ0) is 21.3. The first kappa shape index (κ1) is 20.9. The molecule has 0 unspecified atom stereocenters. The van der Waals surface area contributed by atoms with Gasteiger partial charge in [0.15, 0.2) is 0 Å². The van der Waals surface area contributed by atoms with E-state index in [2.05, 4.69) is 28.3 Å². The first-order chi connectivity index (χ1) is 14.4. The van der Waals surface area contributed by atoms with Crippen molar-refractivity contribution < 1.29 is 4.79 Å². The number of carbonyl (C=O) groups excluding carboxylic acids is 1. The lowest BCUT2D eigenvalue weighted by Crippen LogP contribution is -2.47. The first-order valence-electron chi connectivity index (χ1n) is 10.6. The monoisotopic (exact) mass is 424 g/mol. The molecular weight excluding hydrogens is 396 g/mol. The highest BCUT2D eigenvalue weighted by Crippen LogP contribution is 2.24. The van der Waals surface area contributed by atoms with Crippen LogP contribution in [0.3, 0.4) is 0 Å². The number of aromatic nitrogens is 2. The Labute approximate surface area is 183 Å². The van der Waals surface area contributed by atoms with Crippen LogP contribution in [-0.4, -0.2) is 57.5 Å². The van der Waals surface area contributed by atoms with Crippen molar-refractivity contribution in [2.45, 2.75) is 45.3 Å². The molecule has 0 atom stereocenters.